The number of rotatable bonds is 5. The molecule has 0 aliphatic heterocycles. The van der Waals surface area contributed by atoms with E-state index >= 15 is 0 Å². The quantitative estimate of drug-likeness (QED) is 0.523. The Morgan fingerprint density at radius 1 is 1.40 bits per heavy atom. The zero-order valence-electron chi connectivity index (χ0n) is 9.49. The highest BCUT2D eigenvalue weighted by atomic mass is 16.1. The smallest absolute Gasteiger partial charge is 0.172 e. The molecule has 80 valence electrons. The molecule has 0 aliphatic rings. The third-order valence-electron chi connectivity index (χ3n) is 2.77. The molecule has 0 N–H and O–H groups in total. The lowest BCUT2D eigenvalue weighted by Gasteiger charge is -2.23. The second kappa shape index (κ2) is 4.92. The zero-order valence-corrected chi connectivity index (χ0v) is 9.49. The van der Waals surface area contributed by atoms with E-state index in [1.165, 1.54) is 0 Å². The summed E-state index contributed by atoms with van der Waals surface area (Å²) >= 11 is 0. The van der Waals surface area contributed by atoms with E-state index in [1.54, 1.807) is 6.08 Å². The molecule has 15 heavy (non-hydrogen) atoms. The van der Waals surface area contributed by atoms with Crippen LogP contribution in [0.1, 0.15) is 37.0 Å². The van der Waals surface area contributed by atoms with Crippen LogP contribution < -0.4 is 0 Å². The number of Topliss-reactive ketones (excluding diaryl/α,β-unsaturated/α-hetero) is 1. The van der Waals surface area contributed by atoms with Crippen molar-refractivity contribution < 1.29 is 4.79 Å². The van der Waals surface area contributed by atoms with Crippen LogP contribution >= 0.6 is 0 Å². The van der Waals surface area contributed by atoms with Gasteiger partial charge in [-0.15, -0.1) is 6.58 Å². The van der Waals surface area contributed by atoms with Gasteiger partial charge in [0.2, 0.25) is 0 Å². The first-order valence-corrected chi connectivity index (χ1v) is 5.37. The second-order valence-corrected chi connectivity index (χ2v) is 4.07. The van der Waals surface area contributed by atoms with Crippen LogP contribution in [0.15, 0.2) is 43.0 Å². The highest BCUT2D eigenvalue weighted by molar-refractivity contribution is 6.01. The topological polar surface area (TPSA) is 17.1 Å². The average molecular weight is 202 g/mol. The predicted octanol–water partition coefficient (Wildman–Crippen LogP) is 3.86. The third kappa shape index (κ3) is 2.56. The van der Waals surface area contributed by atoms with Gasteiger partial charge in [-0.25, -0.2) is 0 Å². The lowest BCUT2D eigenvalue weighted by molar-refractivity contribution is 0.0859. The number of carbonyl (C=O) groups excluding carboxylic acids is 1. The number of benzene rings is 1. The summed E-state index contributed by atoms with van der Waals surface area (Å²) in [4.78, 5) is 12.2. The van der Waals surface area contributed by atoms with Crippen LogP contribution in [0, 0.1) is 5.41 Å². The van der Waals surface area contributed by atoms with Gasteiger partial charge in [0.05, 0.1) is 0 Å². The Bertz CT molecular complexity index is 340. The van der Waals surface area contributed by atoms with Crippen molar-refractivity contribution in [2.45, 2.75) is 26.7 Å². The van der Waals surface area contributed by atoms with Crippen molar-refractivity contribution in [2.24, 2.45) is 5.41 Å². The fourth-order valence-corrected chi connectivity index (χ4v) is 1.75. The molecule has 1 nitrogen and oxygen atoms in total. The molecular weight excluding hydrogens is 184 g/mol. The van der Waals surface area contributed by atoms with Gasteiger partial charge in [-0.1, -0.05) is 49.8 Å². The van der Waals surface area contributed by atoms with Crippen LogP contribution in [-0.4, -0.2) is 5.78 Å². The lowest BCUT2D eigenvalue weighted by Crippen LogP contribution is -2.25. The summed E-state index contributed by atoms with van der Waals surface area (Å²) in [6.45, 7) is 7.82. The van der Waals surface area contributed by atoms with Crippen LogP contribution in [0.4, 0.5) is 0 Å². The molecule has 1 aromatic rings. The summed E-state index contributed by atoms with van der Waals surface area (Å²) in [6, 6.07) is 9.42. The molecule has 0 saturated heterocycles. The van der Waals surface area contributed by atoms with Crippen LogP contribution in [-0.2, 0) is 0 Å². The molecule has 1 aromatic carbocycles. The van der Waals surface area contributed by atoms with Crippen molar-refractivity contribution in [2.75, 3.05) is 0 Å². The Morgan fingerprint density at radius 3 is 2.47 bits per heavy atom. The number of hydrogen-bond donors (Lipinski definition) is 0. The van der Waals surface area contributed by atoms with Crippen LogP contribution in [0.2, 0.25) is 0 Å². The molecule has 0 radical (unpaired) electrons. The molecule has 0 spiro atoms. The summed E-state index contributed by atoms with van der Waals surface area (Å²) in [5.41, 5.74) is 0.351. The molecule has 0 fully saturated rings. The fourth-order valence-electron chi connectivity index (χ4n) is 1.75. The normalized spacial score (nSPS) is 14.3. The molecule has 0 aromatic heterocycles. The van der Waals surface area contributed by atoms with Crippen molar-refractivity contribution in [3.8, 4) is 0 Å². The Hall–Kier alpha value is -1.37. The first-order chi connectivity index (χ1) is 7.14. The largest absolute Gasteiger partial charge is 0.293 e. The number of carbonyl (C=O) groups is 1. The van der Waals surface area contributed by atoms with Gasteiger partial charge >= 0.3 is 0 Å². The van der Waals surface area contributed by atoms with Crippen molar-refractivity contribution in [3.05, 3.63) is 48.6 Å². The summed E-state index contributed by atoms with van der Waals surface area (Å²) in [5, 5.41) is 0. The van der Waals surface area contributed by atoms with Gasteiger partial charge in [0.15, 0.2) is 5.78 Å². The molecule has 1 unspecified atom stereocenters. The number of hydrogen-bond acceptors (Lipinski definition) is 1. The second-order valence-electron chi connectivity index (χ2n) is 4.07. The Balaban J connectivity index is 2.97. The Morgan fingerprint density at radius 2 is 2.00 bits per heavy atom. The molecule has 1 atom stereocenters. The van der Waals surface area contributed by atoms with Gasteiger partial charge < -0.3 is 0 Å². The maximum atomic E-state index is 12.2. The minimum absolute atomic E-state index is 0.167. The Labute approximate surface area is 91.8 Å². The van der Waals surface area contributed by atoms with Gasteiger partial charge in [0.1, 0.15) is 0 Å². The fraction of sp³-hybridized carbons (Fsp3) is 0.357. The molecule has 0 aliphatic carbocycles. The minimum Gasteiger partial charge on any atom is -0.293 e. The molecular formula is C14H18O. The van der Waals surface area contributed by atoms with Crippen LogP contribution in [0.5, 0.6) is 0 Å². The van der Waals surface area contributed by atoms with E-state index in [1.807, 2.05) is 37.3 Å². The minimum atomic E-state index is -0.421. The van der Waals surface area contributed by atoms with Crippen molar-refractivity contribution >= 4 is 5.78 Å². The van der Waals surface area contributed by atoms with Crippen molar-refractivity contribution in [3.63, 3.8) is 0 Å². The monoisotopic (exact) mass is 202 g/mol. The van der Waals surface area contributed by atoms with Gasteiger partial charge in [-0.3, -0.25) is 4.79 Å². The molecule has 1 rings (SSSR count). The predicted molar refractivity (Wildman–Crippen MR) is 64.0 cm³/mol. The first kappa shape index (κ1) is 11.7. The molecule has 0 saturated carbocycles. The van der Waals surface area contributed by atoms with E-state index in [4.69, 9.17) is 0 Å². The SMILES string of the molecule is C=CC(C)(CCC)C(=O)c1ccccc1. The molecule has 0 bridgehead atoms. The third-order valence-corrected chi connectivity index (χ3v) is 2.77. The number of allylic oxidation sites excluding steroid dienone is 1. The Kier molecular flexibility index (Phi) is 3.84. The lowest BCUT2D eigenvalue weighted by atomic mass is 9.79. The van der Waals surface area contributed by atoms with Crippen LogP contribution in [0.25, 0.3) is 0 Å². The molecule has 0 heterocycles. The molecule has 0 amide bonds. The van der Waals surface area contributed by atoms with Crippen molar-refractivity contribution in [1.82, 2.24) is 0 Å². The summed E-state index contributed by atoms with van der Waals surface area (Å²) < 4.78 is 0. The molecule has 1 heteroatoms. The standard InChI is InChI=1S/C14H18O/c1-4-11-14(3,5-2)13(15)12-9-7-6-8-10-12/h5-10H,2,4,11H2,1,3H3. The van der Waals surface area contributed by atoms with E-state index in [2.05, 4.69) is 13.5 Å². The van der Waals surface area contributed by atoms with Gasteiger partial charge in [-0.2, -0.15) is 0 Å². The van der Waals surface area contributed by atoms with E-state index in [-0.39, 0.29) is 5.78 Å². The van der Waals surface area contributed by atoms with E-state index in [0.717, 1.165) is 18.4 Å². The van der Waals surface area contributed by atoms with E-state index in [9.17, 15) is 4.79 Å². The maximum Gasteiger partial charge on any atom is 0.172 e. The van der Waals surface area contributed by atoms with Crippen molar-refractivity contribution in [1.29, 1.82) is 0 Å². The highest BCUT2D eigenvalue weighted by Crippen LogP contribution is 2.29. The van der Waals surface area contributed by atoms with Gasteiger partial charge in [0, 0.05) is 11.0 Å². The van der Waals surface area contributed by atoms with Gasteiger partial charge in [-0.05, 0) is 13.3 Å². The first-order valence-electron chi connectivity index (χ1n) is 5.37. The summed E-state index contributed by atoms with van der Waals surface area (Å²) in [7, 11) is 0. The number of ketones is 1. The average Bonchev–Trinajstić information content (AvgIpc) is 2.29. The van der Waals surface area contributed by atoms with E-state index in [0.29, 0.717) is 0 Å². The zero-order chi connectivity index (χ0) is 11.3. The summed E-state index contributed by atoms with van der Waals surface area (Å²) in [5.74, 6) is 0.167. The highest BCUT2D eigenvalue weighted by Gasteiger charge is 2.29. The summed E-state index contributed by atoms with van der Waals surface area (Å²) in [6.07, 6.45) is 3.61. The van der Waals surface area contributed by atoms with Gasteiger partial charge in [0.25, 0.3) is 0 Å². The maximum absolute atomic E-state index is 12.2. The van der Waals surface area contributed by atoms with Crippen LogP contribution in [0.3, 0.4) is 0 Å². The van der Waals surface area contributed by atoms with E-state index < -0.39 is 5.41 Å².